The minimum Gasteiger partial charge on any atom is -0.396 e. The second-order valence-corrected chi connectivity index (χ2v) is 4.38. The summed E-state index contributed by atoms with van der Waals surface area (Å²) in [5, 5.41) is 11.7. The summed E-state index contributed by atoms with van der Waals surface area (Å²) in [6.07, 6.45) is 4.69. The van der Waals surface area contributed by atoms with Crippen LogP contribution in [-0.4, -0.2) is 42.3 Å². The number of aliphatic hydroxyl groups is 1. The van der Waals surface area contributed by atoms with Gasteiger partial charge in [0.1, 0.15) is 0 Å². The lowest BCUT2D eigenvalue weighted by Gasteiger charge is -2.21. The van der Waals surface area contributed by atoms with Crippen molar-refractivity contribution < 1.29 is 9.90 Å². The quantitative estimate of drug-likeness (QED) is 0.741. The van der Waals surface area contributed by atoms with Crippen molar-refractivity contribution >= 4 is 6.03 Å². The van der Waals surface area contributed by atoms with E-state index in [0.717, 1.165) is 25.9 Å². The maximum absolute atomic E-state index is 11.7. The van der Waals surface area contributed by atoms with Crippen LogP contribution in [0.3, 0.4) is 0 Å². The Bertz CT molecular complexity index is 189. The second kappa shape index (κ2) is 6.67. The first-order valence-corrected chi connectivity index (χ1v) is 5.87. The number of carbonyl (C=O) groups excluding carboxylic acids is 1. The molecule has 0 aromatic carbocycles. The normalized spacial score (nSPS) is 19.5. The van der Waals surface area contributed by atoms with E-state index in [2.05, 4.69) is 5.32 Å². The first-order valence-electron chi connectivity index (χ1n) is 5.87. The average molecular weight is 214 g/mol. The molecule has 88 valence electrons. The third-order valence-corrected chi connectivity index (χ3v) is 2.81. The fraction of sp³-hybridized carbons (Fsp3) is 0.909. The molecule has 1 aliphatic heterocycles. The van der Waals surface area contributed by atoms with Crippen LogP contribution in [0.1, 0.15) is 32.6 Å². The minimum atomic E-state index is 0.0252. The molecule has 4 nitrogen and oxygen atoms in total. The zero-order chi connectivity index (χ0) is 11.1. The van der Waals surface area contributed by atoms with Crippen molar-refractivity contribution in [2.75, 3.05) is 26.2 Å². The van der Waals surface area contributed by atoms with Gasteiger partial charge in [0.25, 0.3) is 0 Å². The number of rotatable bonds is 3. The Morgan fingerprint density at radius 3 is 2.47 bits per heavy atom. The number of likely N-dealkylation sites (tertiary alicyclic amines) is 1. The number of nitrogens with one attached hydrogen (secondary N) is 1. The molecule has 0 radical (unpaired) electrons. The Morgan fingerprint density at radius 2 is 1.93 bits per heavy atom. The maximum atomic E-state index is 11.7. The summed E-state index contributed by atoms with van der Waals surface area (Å²) < 4.78 is 0. The van der Waals surface area contributed by atoms with Crippen molar-refractivity contribution in [3.63, 3.8) is 0 Å². The standard InChI is InChI=1S/C11H22N2O2/c1-10(9-14)8-12-11(15)13-6-4-2-3-5-7-13/h10,14H,2-9H2,1H3,(H,12,15). The van der Waals surface area contributed by atoms with Gasteiger partial charge in [-0.2, -0.15) is 0 Å². The van der Waals surface area contributed by atoms with Crippen molar-refractivity contribution in [3.05, 3.63) is 0 Å². The van der Waals surface area contributed by atoms with E-state index in [4.69, 9.17) is 5.11 Å². The number of hydrogen-bond donors (Lipinski definition) is 2. The van der Waals surface area contributed by atoms with E-state index in [-0.39, 0.29) is 18.6 Å². The molecule has 4 heteroatoms. The summed E-state index contributed by atoms with van der Waals surface area (Å²) in [4.78, 5) is 13.6. The second-order valence-electron chi connectivity index (χ2n) is 4.38. The lowest BCUT2D eigenvalue weighted by Crippen LogP contribution is -2.42. The summed E-state index contributed by atoms with van der Waals surface area (Å²) in [6, 6.07) is 0.0252. The molecule has 0 aromatic heterocycles. The van der Waals surface area contributed by atoms with Gasteiger partial charge in [0.2, 0.25) is 0 Å². The highest BCUT2D eigenvalue weighted by Gasteiger charge is 2.15. The third-order valence-electron chi connectivity index (χ3n) is 2.81. The Kier molecular flexibility index (Phi) is 5.47. The predicted octanol–water partition coefficient (Wildman–Crippen LogP) is 1.20. The van der Waals surface area contributed by atoms with Crippen LogP contribution >= 0.6 is 0 Å². The number of urea groups is 1. The lowest BCUT2D eigenvalue weighted by molar-refractivity contribution is 0.192. The van der Waals surface area contributed by atoms with Crippen LogP contribution in [-0.2, 0) is 0 Å². The molecule has 1 fully saturated rings. The number of carbonyl (C=O) groups is 1. The van der Waals surface area contributed by atoms with E-state index >= 15 is 0 Å². The summed E-state index contributed by atoms with van der Waals surface area (Å²) in [5.74, 6) is 0.140. The van der Waals surface area contributed by atoms with Crippen molar-refractivity contribution in [3.8, 4) is 0 Å². The van der Waals surface area contributed by atoms with Crippen LogP contribution in [0.2, 0.25) is 0 Å². The highest BCUT2D eigenvalue weighted by atomic mass is 16.3. The largest absolute Gasteiger partial charge is 0.396 e. The fourth-order valence-electron chi connectivity index (χ4n) is 1.71. The average Bonchev–Trinajstić information content (AvgIpc) is 2.53. The summed E-state index contributed by atoms with van der Waals surface area (Å²) in [7, 11) is 0. The Labute approximate surface area is 91.6 Å². The molecule has 1 aliphatic rings. The molecule has 2 amide bonds. The molecule has 1 unspecified atom stereocenters. The van der Waals surface area contributed by atoms with Gasteiger partial charge in [-0.3, -0.25) is 0 Å². The van der Waals surface area contributed by atoms with Crippen molar-refractivity contribution in [2.24, 2.45) is 5.92 Å². The Morgan fingerprint density at radius 1 is 1.33 bits per heavy atom. The van der Waals surface area contributed by atoms with Gasteiger partial charge in [-0.05, 0) is 18.8 Å². The van der Waals surface area contributed by atoms with Crippen LogP contribution in [0.4, 0.5) is 4.79 Å². The van der Waals surface area contributed by atoms with Crippen molar-refractivity contribution in [1.29, 1.82) is 0 Å². The Balaban J connectivity index is 2.25. The lowest BCUT2D eigenvalue weighted by atomic mass is 10.2. The van der Waals surface area contributed by atoms with Gasteiger partial charge in [0.15, 0.2) is 0 Å². The molecule has 15 heavy (non-hydrogen) atoms. The highest BCUT2D eigenvalue weighted by Crippen LogP contribution is 2.09. The molecule has 0 aromatic rings. The molecule has 0 saturated carbocycles. The topological polar surface area (TPSA) is 52.6 Å². The summed E-state index contributed by atoms with van der Waals surface area (Å²) in [5.41, 5.74) is 0. The molecule has 0 aliphatic carbocycles. The van der Waals surface area contributed by atoms with Gasteiger partial charge in [-0.15, -0.1) is 0 Å². The third kappa shape index (κ3) is 4.51. The number of nitrogens with zero attached hydrogens (tertiary/aromatic N) is 1. The van der Waals surface area contributed by atoms with Crippen LogP contribution in [0.15, 0.2) is 0 Å². The zero-order valence-corrected chi connectivity index (χ0v) is 9.54. The maximum Gasteiger partial charge on any atom is 0.317 e. The molecular weight excluding hydrogens is 192 g/mol. The van der Waals surface area contributed by atoms with Gasteiger partial charge in [-0.1, -0.05) is 19.8 Å². The van der Waals surface area contributed by atoms with Crippen molar-refractivity contribution in [1.82, 2.24) is 10.2 Å². The predicted molar refractivity (Wildman–Crippen MR) is 59.7 cm³/mol. The molecule has 1 heterocycles. The molecule has 1 rings (SSSR count). The van der Waals surface area contributed by atoms with E-state index in [1.54, 1.807) is 0 Å². The number of aliphatic hydroxyl groups excluding tert-OH is 1. The smallest absolute Gasteiger partial charge is 0.317 e. The molecule has 2 N–H and O–H groups in total. The van der Waals surface area contributed by atoms with E-state index in [1.165, 1.54) is 12.8 Å². The van der Waals surface area contributed by atoms with Gasteiger partial charge in [0.05, 0.1) is 0 Å². The van der Waals surface area contributed by atoms with Gasteiger partial charge >= 0.3 is 6.03 Å². The molecule has 0 spiro atoms. The summed E-state index contributed by atoms with van der Waals surface area (Å²) >= 11 is 0. The number of hydrogen-bond acceptors (Lipinski definition) is 2. The number of amides is 2. The van der Waals surface area contributed by atoms with Gasteiger partial charge < -0.3 is 15.3 Å². The molecule has 1 atom stereocenters. The van der Waals surface area contributed by atoms with Crippen LogP contribution in [0.5, 0.6) is 0 Å². The van der Waals surface area contributed by atoms with E-state index in [1.807, 2.05) is 11.8 Å². The molecular formula is C11H22N2O2. The monoisotopic (exact) mass is 214 g/mol. The minimum absolute atomic E-state index is 0.0252. The highest BCUT2D eigenvalue weighted by molar-refractivity contribution is 5.74. The van der Waals surface area contributed by atoms with Crippen LogP contribution in [0.25, 0.3) is 0 Å². The van der Waals surface area contributed by atoms with Crippen LogP contribution < -0.4 is 5.32 Å². The van der Waals surface area contributed by atoms with Gasteiger partial charge in [0, 0.05) is 26.2 Å². The van der Waals surface area contributed by atoms with Gasteiger partial charge in [-0.25, -0.2) is 4.79 Å². The van der Waals surface area contributed by atoms with E-state index in [0.29, 0.717) is 6.54 Å². The van der Waals surface area contributed by atoms with Crippen molar-refractivity contribution in [2.45, 2.75) is 32.6 Å². The van der Waals surface area contributed by atoms with E-state index < -0.39 is 0 Å². The summed E-state index contributed by atoms with van der Waals surface area (Å²) in [6.45, 7) is 4.35. The first kappa shape index (κ1) is 12.3. The molecule has 1 saturated heterocycles. The van der Waals surface area contributed by atoms with E-state index in [9.17, 15) is 4.79 Å². The van der Waals surface area contributed by atoms with Crippen LogP contribution in [0, 0.1) is 5.92 Å². The SMILES string of the molecule is CC(CO)CNC(=O)N1CCCCCC1. The fourth-order valence-corrected chi connectivity index (χ4v) is 1.71. The molecule has 0 bridgehead atoms. The first-order chi connectivity index (χ1) is 7.24. The zero-order valence-electron chi connectivity index (χ0n) is 9.54. The Hall–Kier alpha value is -0.770.